The number of methoxy groups -OCH3 is 1. The SMILES string of the molecule is CCCOc1c(OC)cc(-c2nccn2S(=O)(=O)c2ccccc2)cc1[N+](=O)[O-]. The van der Waals surface area contributed by atoms with Gasteiger partial charge in [0, 0.05) is 24.0 Å². The molecule has 152 valence electrons. The minimum absolute atomic E-state index is 0.00729. The summed E-state index contributed by atoms with van der Waals surface area (Å²) in [5.41, 5.74) is -0.124. The Labute approximate surface area is 167 Å². The Bertz CT molecular complexity index is 1130. The number of aromatic nitrogens is 2. The molecule has 3 rings (SSSR count). The zero-order chi connectivity index (χ0) is 21.0. The first kappa shape index (κ1) is 20.3. The number of imidazole rings is 1. The number of hydrogen-bond donors (Lipinski definition) is 0. The van der Waals surface area contributed by atoms with Gasteiger partial charge >= 0.3 is 5.69 Å². The molecule has 0 N–H and O–H groups in total. The Morgan fingerprint density at radius 2 is 1.93 bits per heavy atom. The summed E-state index contributed by atoms with van der Waals surface area (Å²) in [6.07, 6.45) is 3.26. The van der Waals surface area contributed by atoms with Gasteiger partial charge in [0.25, 0.3) is 10.0 Å². The third kappa shape index (κ3) is 3.92. The van der Waals surface area contributed by atoms with Gasteiger partial charge in [-0.2, -0.15) is 0 Å². The molecule has 0 bridgehead atoms. The van der Waals surface area contributed by atoms with Gasteiger partial charge in [0.1, 0.15) is 0 Å². The van der Waals surface area contributed by atoms with E-state index in [-0.39, 0.29) is 40.1 Å². The second kappa shape index (κ2) is 8.31. The highest BCUT2D eigenvalue weighted by atomic mass is 32.2. The normalized spacial score (nSPS) is 11.2. The van der Waals surface area contributed by atoms with E-state index in [0.29, 0.717) is 6.42 Å². The molecule has 2 aromatic carbocycles. The molecular formula is C19H19N3O6S. The second-order valence-corrected chi connectivity index (χ2v) is 7.81. The molecule has 0 aliphatic carbocycles. The molecule has 10 heteroatoms. The highest BCUT2D eigenvalue weighted by Gasteiger charge is 2.26. The van der Waals surface area contributed by atoms with E-state index in [0.717, 1.165) is 3.97 Å². The fraction of sp³-hybridized carbons (Fsp3) is 0.211. The zero-order valence-electron chi connectivity index (χ0n) is 15.8. The molecule has 3 aromatic rings. The van der Waals surface area contributed by atoms with E-state index in [1.165, 1.54) is 43.8 Å². The lowest BCUT2D eigenvalue weighted by molar-refractivity contribution is -0.385. The number of nitrogens with zero attached hydrogens (tertiary/aromatic N) is 3. The number of ether oxygens (including phenoxy) is 2. The molecule has 0 amide bonds. The van der Waals surface area contributed by atoms with Crippen molar-refractivity contribution in [1.29, 1.82) is 0 Å². The van der Waals surface area contributed by atoms with Crippen molar-refractivity contribution < 1.29 is 22.8 Å². The average molecular weight is 417 g/mol. The summed E-state index contributed by atoms with van der Waals surface area (Å²) in [4.78, 5) is 15.2. The van der Waals surface area contributed by atoms with E-state index in [2.05, 4.69) is 4.98 Å². The van der Waals surface area contributed by atoms with E-state index < -0.39 is 14.9 Å². The van der Waals surface area contributed by atoms with Crippen LogP contribution in [-0.4, -0.2) is 36.0 Å². The lowest BCUT2D eigenvalue weighted by Crippen LogP contribution is -2.13. The predicted octanol–water partition coefficient (Wildman–Crippen LogP) is 3.49. The summed E-state index contributed by atoms with van der Waals surface area (Å²) in [5, 5.41) is 11.6. The first-order valence-corrected chi connectivity index (χ1v) is 10.2. The molecular weight excluding hydrogens is 398 g/mol. The first-order chi connectivity index (χ1) is 13.9. The van der Waals surface area contributed by atoms with Crippen molar-refractivity contribution in [2.24, 2.45) is 0 Å². The second-order valence-electron chi connectivity index (χ2n) is 6.00. The molecule has 0 aliphatic rings. The predicted molar refractivity (Wildman–Crippen MR) is 106 cm³/mol. The number of rotatable bonds is 8. The van der Waals surface area contributed by atoms with Crippen LogP contribution >= 0.6 is 0 Å². The van der Waals surface area contributed by atoms with E-state index in [1.807, 2.05) is 6.92 Å². The van der Waals surface area contributed by atoms with Crippen LogP contribution in [0.5, 0.6) is 11.5 Å². The van der Waals surface area contributed by atoms with Gasteiger partial charge in [-0.15, -0.1) is 0 Å². The monoisotopic (exact) mass is 417 g/mol. The maximum absolute atomic E-state index is 13.0. The van der Waals surface area contributed by atoms with Crippen molar-refractivity contribution in [3.63, 3.8) is 0 Å². The van der Waals surface area contributed by atoms with Gasteiger partial charge in [0.2, 0.25) is 5.75 Å². The van der Waals surface area contributed by atoms with Crippen LogP contribution < -0.4 is 9.47 Å². The van der Waals surface area contributed by atoms with Crippen molar-refractivity contribution in [2.75, 3.05) is 13.7 Å². The lowest BCUT2D eigenvalue weighted by Gasteiger charge is -2.13. The lowest BCUT2D eigenvalue weighted by atomic mass is 10.1. The average Bonchev–Trinajstić information content (AvgIpc) is 3.23. The van der Waals surface area contributed by atoms with Crippen molar-refractivity contribution in [1.82, 2.24) is 8.96 Å². The molecule has 0 aliphatic heterocycles. The van der Waals surface area contributed by atoms with Crippen LogP contribution in [0.15, 0.2) is 59.8 Å². The van der Waals surface area contributed by atoms with Gasteiger partial charge in [-0.05, 0) is 24.6 Å². The Balaban J connectivity index is 2.17. The number of benzene rings is 2. The molecule has 0 unspecified atom stereocenters. The maximum Gasteiger partial charge on any atom is 0.315 e. The molecule has 0 radical (unpaired) electrons. The van der Waals surface area contributed by atoms with Gasteiger partial charge < -0.3 is 9.47 Å². The summed E-state index contributed by atoms with van der Waals surface area (Å²) >= 11 is 0. The Morgan fingerprint density at radius 3 is 2.55 bits per heavy atom. The maximum atomic E-state index is 13.0. The largest absolute Gasteiger partial charge is 0.493 e. The summed E-state index contributed by atoms with van der Waals surface area (Å²) in [6, 6.07) is 10.5. The number of hydrogen-bond acceptors (Lipinski definition) is 7. The molecule has 0 atom stereocenters. The summed E-state index contributed by atoms with van der Waals surface area (Å²) in [5.74, 6) is 0.138. The molecule has 29 heavy (non-hydrogen) atoms. The fourth-order valence-corrected chi connectivity index (χ4v) is 4.07. The van der Waals surface area contributed by atoms with Gasteiger partial charge in [0.05, 0.1) is 23.5 Å². The van der Waals surface area contributed by atoms with E-state index >= 15 is 0 Å². The topological polar surface area (TPSA) is 114 Å². The molecule has 0 saturated heterocycles. The highest BCUT2D eigenvalue weighted by Crippen LogP contribution is 2.41. The van der Waals surface area contributed by atoms with E-state index in [1.54, 1.807) is 18.2 Å². The standard InChI is InChI=1S/C19H19N3O6S/c1-3-11-28-18-16(22(23)24)12-14(13-17(18)27-2)19-20-9-10-21(19)29(25,26)15-7-5-4-6-8-15/h4-10,12-13H,3,11H2,1-2H3. The number of nitro groups is 1. The van der Waals surface area contributed by atoms with Crippen LogP contribution in [0.3, 0.4) is 0 Å². The Hall–Kier alpha value is -3.40. The highest BCUT2D eigenvalue weighted by molar-refractivity contribution is 7.90. The van der Waals surface area contributed by atoms with E-state index in [9.17, 15) is 18.5 Å². The van der Waals surface area contributed by atoms with Gasteiger partial charge in [-0.1, -0.05) is 25.1 Å². The summed E-state index contributed by atoms with van der Waals surface area (Å²) in [6.45, 7) is 2.14. The van der Waals surface area contributed by atoms with Crippen LogP contribution in [0.1, 0.15) is 13.3 Å². The summed E-state index contributed by atoms with van der Waals surface area (Å²) in [7, 11) is -2.58. The molecule has 0 fully saturated rings. The van der Waals surface area contributed by atoms with Crippen molar-refractivity contribution in [3.8, 4) is 22.9 Å². The summed E-state index contributed by atoms with van der Waals surface area (Å²) < 4.78 is 37.7. The van der Waals surface area contributed by atoms with Crippen molar-refractivity contribution in [3.05, 3.63) is 65.0 Å². The third-order valence-electron chi connectivity index (χ3n) is 4.07. The minimum atomic E-state index is -3.94. The smallest absolute Gasteiger partial charge is 0.315 e. The van der Waals surface area contributed by atoms with Crippen LogP contribution in [0, 0.1) is 10.1 Å². The van der Waals surface area contributed by atoms with Gasteiger partial charge in [0.15, 0.2) is 11.6 Å². The molecule has 0 spiro atoms. The quantitative estimate of drug-likeness (QED) is 0.407. The molecule has 9 nitrogen and oxygen atoms in total. The Kier molecular flexibility index (Phi) is 5.83. The minimum Gasteiger partial charge on any atom is -0.493 e. The van der Waals surface area contributed by atoms with Crippen LogP contribution in [0.4, 0.5) is 5.69 Å². The fourth-order valence-electron chi connectivity index (χ4n) is 2.75. The van der Waals surface area contributed by atoms with Crippen LogP contribution in [-0.2, 0) is 10.0 Å². The number of nitro benzene ring substituents is 1. The van der Waals surface area contributed by atoms with Crippen LogP contribution in [0.25, 0.3) is 11.4 Å². The molecule has 1 heterocycles. The van der Waals surface area contributed by atoms with Crippen molar-refractivity contribution in [2.45, 2.75) is 18.2 Å². The molecule has 1 aromatic heterocycles. The Morgan fingerprint density at radius 1 is 1.21 bits per heavy atom. The van der Waals surface area contributed by atoms with Gasteiger partial charge in [-0.3, -0.25) is 10.1 Å². The zero-order valence-corrected chi connectivity index (χ0v) is 16.6. The van der Waals surface area contributed by atoms with Crippen molar-refractivity contribution >= 4 is 15.7 Å². The van der Waals surface area contributed by atoms with Gasteiger partial charge in [-0.25, -0.2) is 17.4 Å². The van der Waals surface area contributed by atoms with Crippen LogP contribution in [0.2, 0.25) is 0 Å². The molecule has 0 saturated carbocycles. The first-order valence-electron chi connectivity index (χ1n) is 8.73. The third-order valence-corrected chi connectivity index (χ3v) is 5.75. The van der Waals surface area contributed by atoms with E-state index in [4.69, 9.17) is 9.47 Å².